The predicted molar refractivity (Wildman–Crippen MR) is 96.5 cm³/mol. The summed E-state index contributed by atoms with van der Waals surface area (Å²) in [5.74, 6) is -0.438. The van der Waals surface area contributed by atoms with E-state index in [1.165, 1.54) is 4.90 Å². The molecule has 26 heavy (non-hydrogen) atoms. The van der Waals surface area contributed by atoms with Gasteiger partial charge in [-0.1, -0.05) is 32.0 Å². The number of nitrogens with zero attached hydrogens (tertiary/aromatic N) is 4. The molecule has 1 aromatic carbocycles. The quantitative estimate of drug-likeness (QED) is 0.910. The molecule has 7 heteroatoms. The monoisotopic (exact) mass is 356 g/mol. The second-order valence-corrected chi connectivity index (χ2v) is 6.96. The summed E-state index contributed by atoms with van der Waals surface area (Å²) in [6, 6.07) is 7.09. The average Bonchev–Trinajstić information content (AvgIpc) is 3.02. The van der Waals surface area contributed by atoms with Gasteiger partial charge in [0.2, 0.25) is 5.82 Å². The van der Waals surface area contributed by atoms with Crippen molar-refractivity contribution in [2.75, 3.05) is 6.54 Å². The number of aliphatic carboxylic acids is 1. The van der Waals surface area contributed by atoms with Gasteiger partial charge in [-0.2, -0.15) is 0 Å². The molecule has 138 valence electrons. The smallest absolute Gasteiger partial charge is 0.326 e. The highest BCUT2D eigenvalue weighted by atomic mass is 16.4. The van der Waals surface area contributed by atoms with Crippen LogP contribution in [0.15, 0.2) is 24.3 Å². The van der Waals surface area contributed by atoms with Gasteiger partial charge in [0.05, 0.1) is 5.69 Å². The van der Waals surface area contributed by atoms with Gasteiger partial charge in [0.15, 0.2) is 0 Å². The molecule has 7 nitrogen and oxygen atoms in total. The first-order chi connectivity index (χ1) is 12.4. The molecule has 0 radical (unpaired) electrons. The van der Waals surface area contributed by atoms with E-state index in [4.69, 9.17) is 0 Å². The van der Waals surface area contributed by atoms with Gasteiger partial charge in [-0.15, -0.1) is 5.10 Å². The Kier molecular flexibility index (Phi) is 5.06. The third-order valence-electron chi connectivity index (χ3n) is 4.80. The van der Waals surface area contributed by atoms with Crippen LogP contribution in [0.3, 0.4) is 0 Å². The zero-order chi connectivity index (χ0) is 18.8. The molecule has 1 atom stereocenters. The summed E-state index contributed by atoms with van der Waals surface area (Å²) < 4.78 is 1.67. The van der Waals surface area contributed by atoms with Crippen molar-refractivity contribution < 1.29 is 14.7 Å². The van der Waals surface area contributed by atoms with Gasteiger partial charge in [0.25, 0.3) is 5.91 Å². The van der Waals surface area contributed by atoms with Crippen molar-refractivity contribution in [3.63, 3.8) is 0 Å². The predicted octanol–water partition coefficient (Wildman–Crippen LogP) is 2.78. The molecule has 1 aliphatic heterocycles. The number of benzene rings is 1. The number of carbonyl (C=O) groups excluding carboxylic acids is 1. The van der Waals surface area contributed by atoms with Gasteiger partial charge in [0, 0.05) is 6.54 Å². The summed E-state index contributed by atoms with van der Waals surface area (Å²) in [5.41, 5.74) is 2.00. The van der Waals surface area contributed by atoms with E-state index in [1.54, 1.807) is 11.6 Å². The molecule has 0 saturated carbocycles. The van der Waals surface area contributed by atoms with E-state index in [1.807, 2.05) is 24.3 Å². The number of carbonyl (C=O) groups is 2. The standard InChI is InChI=1S/C19H24N4O3/c1-12(2)14-8-4-5-9-15(14)23-13(3)20-17(21-23)18(24)22-11-7-6-10-16(22)19(25)26/h4-5,8-9,12,16H,6-7,10-11H2,1-3H3,(H,25,26)/t16-/m0/s1. The number of rotatable bonds is 4. The minimum atomic E-state index is -0.973. The Morgan fingerprint density at radius 1 is 1.23 bits per heavy atom. The van der Waals surface area contributed by atoms with E-state index >= 15 is 0 Å². The average molecular weight is 356 g/mol. The summed E-state index contributed by atoms with van der Waals surface area (Å²) in [6.45, 7) is 6.42. The van der Waals surface area contributed by atoms with E-state index < -0.39 is 17.9 Å². The second kappa shape index (κ2) is 7.27. The fourth-order valence-electron chi connectivity index (χ4n) is 3.44. The molecule has 0 aliphatic carbocycles. The lowest BCUT2D eigenvalue weighted by molar-refractivity contribution is -0.143. The molecular formula is C19H24N4O3. The second-order valence-electron chi connectivity index (χ2n) is 6.96. The van der Waals surface area contributed by atoms with Crippen molar-refractivity contribution in [2.24, 2.45) is 0 Å². The normalized spacial score (nSPS) is 17.5. The van der Waals surface area contributed by atoms with E-state index in [9.17, 15) is 14.7 Å². The topological polar surface area (TPSA) is 88.3 Å². The van der Waals surface area contributed by atoms with Gasteiger partial charge in [-0.05, 0) is 43.7 Å². The van der Waals surface area contributed by atoms with Crippen LogP contribution in [-0.2, 0) is 4.79 Å². The summed E-state index contributed by atoms with van der Waals surface area (Å²) in [7, 11) is 0. The van der Waals surface area contributed by atoms with Crippen LogP contribution in [0, 0.1) is 6.92 Å². The Morgan fingerprint density at radius 3 is 2.65 bits per heavy atom. The van der Waals surface area contributed by atoms with Crippen molar-refractivity contribution >= 4 is 11.9 Å². The largest absolute Gasteiger partial charge is 0.480 e. The number of likely N-dealkylation sites (tertiary alicyclic amines) is 1. The van der Waals surface area contributed by atoms with Crippen LogP contribution in [0.25, 0.3) is 5.69 Å². The Morgan fingerprint density at radius 2 is 1.96 bits per heavy atom. The number of carboxylic acid groups (broad SMARTS) is 1. The number of piperidine rings is 1. The van der Waals surface area contributed by atoms with Gasteiger partial charge in [-0.25, -0.2) is 14.5 Å². The minimum Gasteiger partial charge on any atom is -0.480 e. The molecule has 1 fully saturated rings. The van der Waals surface area contributed by atoms with Gasteiger partial charge in [0.1, 0.15) is 11.9 Å². The van der Waals surface area contributed by atoms with Gasteiger partial charge in [-0.3, -0.25) is 4.79 Å². The number of aryl methyl sites for hydroxylation is 1. The van der Waals surface area contributed by atoms with Crippen LogP contribution in [0.1, 0.15) is 61.0 Å². The summed E-state index contributed by atoms with van der Waals surface area (Å²) >= 11 is 0. The molecule has 1 aliphatic rings. The number of para-hydroxylation sites is 1. The summed E-state index contributed by atoms with van der Waals surface area (Å²) in [4.78, 5) is 30.0. The number of aromatic nitrogens is 3. The number of carboxylic acids is 1. The maximum absolute atomic E-state index is 12.9. The fourth-order valence-corrected chi connectivity index (χ4v) is 3.44. The fraction of sp³-hybridized carbons (Fsp3) is 0.474. The lowest BCUT2D eigenvalue weighted by Crippen LogP contribution is -2.48. The Balaban J connectivity index is 1.96. The van der Waals surface area contributed by atoms with Crippen molar-refractivity contribution in [1.82, 2.24) is 19.7 Å². The molecule has 2 heterocycles. The highest BCUT2D eigenvalue weighted by molar-refractivity contribution is 5.93. The number of amides is 1. The van der Waals surface area contributed by atoms with E-state index in [-0.39, 0.29) is 5.82 Å². The molecule has 1 N–H and O–H groups in total. The molecule has 2 aromatic rings. The Hall–Kier alpha value is -2.70. The maximum Gasteiger partial charge on any atom is 0.326 e. The van der Waals surface area contributed by atoms with Crippen molar-refractivity contribution in [1.29, 1.82) is 0 Å². The van der Waals surface area contributed by atoms with Gasteiger partial charge < -0.3 is 10.0 Å². The molecule has 1 aromatic heterocycles. The first-order valence-electron chi connectivity index (χ1n) is 8.97. The van der Waals surface area contributed by atoms with E-state index in [0.717, 1.165) is 24.1 Å². The van der Waals surface area contributed by atoms with E-state index in [2.05, 4.69) is 23.9 Å². The Labute approximate surface area is 152 Å². The highest BCUT2D eigenvalue weighted by Gasteiger charge is 2.34. The van der Waals surface area contributed by atoms with E-state index in [0.29, 0.717) is 24.7 Å². The number of hydrogen-bond donors (Lipinski definition) is 1. The molecule has 3 rings (SSSR count). The minimum absolute atomic E-state index is 0.0502. The molecule has 0 bridgehead atoms. The van der Waals surface area contributed by atoms with Gasteiger partial charge >= 0.3 is 5.97 Å². The molecule has 1 saturated heterocycles. The third-order valence-corrected chi connectivity index (χ3v) is 4.80. The first kappa shape index (κ1) is 18.1. The van der Waals surface area contributed by atoms with Crippen LogP contribution >= 0.6 is 0 Å². The van der Waals surface area contributed by atoms with Crippen LogP contribution in [0.5, 0.6) is 0 Å². The van der Waals surface area contributed by atoms with Crippen LogP contribution in [0.2, 0.25) is 0 Å². The van der Waals surface area contributed by atoms with Crippen molar-refractivity contribution in [2.45, 2.75) is 52.0 Å². The van der Waals surface area contributed by atoms with Crippen molar-refractivity contribution in [3.05, 3.63) is 41.5 Å². The molecular weight excluding hydrogens is 332 g/mol. The lowest BCUT2D eigenvalue weighted by atomic mass is 10.0. The molecule has 0 spiro atoms. The zero-order valence-corrected chi connectivity index (χ0v) is 15.3. The summed E-state index contributed by atoms with van der Waals surface area (Å²) in [6.07, 6.45) is 2.08. The SMILES string of the molecule is Cc1nc(C(=O)N2CCCC[C@H]2C(=O)O)nn1-c1ccccc1C(C)C. The molecule has 0 unspecified atom stereocenters. The highest BCUT2D eigenvalue weighted by Crippen LogP contribution is 2.24. The zero-order valence-electron chi connectivity index (χ0n) is 15.3. The van der Waals surface area contributed by atoms with Crippen molar-refractivity contribution in [3.8, 4) is 5.69 Å². The third kappa shape index (κ3) is 3.34. The van der Waals surface area contributed by atoms with Crippen LogP contribution in [0.4, 0.5) is 0 Å². The first-order valence-corrected chi connectivity index (χ1v) is 8.97. The Bertz CT molecular complexity index is 828. The number of hydrogen-bond acceptors (Lipinski definition) is 4. The maximum atomic E-state index is 12.9. The summed E-state index contributed by atoms with van der Waals surface area (Å²) in [5, 5.41) is 13.8. The molecule has 1 amide bonds. The van der Waals surface area contributed by atoms with Crippen LogP contribution in [-0.4, -0.2) is 49.2 Å². The van der Waals surface area contributed by atoms with Crippen LogP contribution < -0.4 is 0 Å². The lowest BCUT2D eigenvalue weighted by Gasteiger charge is -2.31.